The van der Waals surface area contributed by atoms with Gasteiger partial charge in [-0.15, -0.1) is 0 Å². The molecule has 0 spiro atoms. The molecular formula is C117H161F4N5O16. The van der Waals surface area contributed by atoms with Crippen molar-refractivity contribution in [2.75, 3.05) is 156 Å². The first-order valence-electron chi connectivity index (χ1n) is 47.9. The fourth-order valence-electron chi connectivity index (χ4n) is 18.5. The van der Waals surface area contributed by atoms with Crippen LogP contribution in [0.15, 0.2) is 212 Å². The van der Waals surface area contributed by atoms with Crippen molar-refractivity contribution in [1.29, 1.82) is 0 Å². The molecule has 0 bridgehead atoms. The first kappa shape index (κ1) is 121. The van der Waals surface area contributed by atoms with Crippen LogP contribution in [0.25, 0.3) is 0 Å². The molecule has 0 saturated carbocycles. The number of nitrogens with one attached hydrogen (secondary N) is 1. The van der Waals surface area contributed by atoms with Gasteiger partial charge in [0.15, 0.2) is 69.1 Å². The first-order chi connectivity index (χ1) is 66.5. The van der Waals surface area contributed by atoms with Crippen LogP contribution in [-0.4, -0.2) is 209 Å². The van der Waals surface area contributed by atoms with Crippen molar-refractivity contribution < 1.29 is 94.6 Å². The molecule has 5 aliphatic rings. The molecule has 5 saturated heterocycles. The molecule has 25 heteroatoms. The van der Waals surface area contributed by atoms with Gasteiger partial charge >= 0.3 is 0 Å². The van der Waals surface area contributed by atoms with E-state index in [-0.39, 0.29) is 114 Å². The summed E-state index contributed by atoms with van der Waals surface area (Å²) in [6.07, 6.45) is 12.4. The Morgan fingerprint density at radius 1 is 0.324 bits per heavy atom. The van der Waals surface area contributed by atoms with E-state index >= 15 is 0 Å². The van der Waals surface area contributed by atoms with Crippen molar-refractivity contribution in [1.82, 2.24) is 24.9 Å². The maximum Gasteiger partial charge on any atom is 0.226 e. The molecule has 3 atom stereocenters. The predicted octanol–water partition coefficient (Wildman–Crippen LogP) is 23.0. The van der Waals surface area contributed by atoms with Gasteiger partial charge in [0.2, 0.25) is 5.91 Å². The third-order valence-corrected chi connectivity index (χ3v) is 26.6. The number of hydrogen-bond acceptors (Lipinski definition) is 20. The van der Waals surface area contributed by atoms with E-state index in [0.717, 1.165) is 189 Å². The van der Waals surface area contributed by atoms with Crippen LogP contribution in [0.3, 0.4) is 0 Å². The van der Waals surface area contributed by atoms with Gasteiger partial charge in [0.05, 0.1) is 107 Å². The average molecular weight is 1970 g/mol. The van der Waals surface area contributed by atoms with Gasteiger partial charge in [0, 0.05) is 61.2 Å². The lowest BCUT2D eigenvalue weighted by Crippen LogP contribution is -2.41. The lowest BCUT2D eigenvalue weighted by molar-refractivity contribution is -0.131. The Kier molecular flexibility index (Phi) is 54.0. The number of Topliss-reactive ketones (excluding diaryl/α,β-unsaturated/α-hetero) is 2. The van der Waals surface area contributed by atoms with Gasteiger partial charge in [-0.05, 0) is 286 Å². The molecule has 10 aromatic carbocycles. The zero-order valence-corrected chi connectivity index (χ0v) is 81.8. The summed E-state index contributed by atoms with van der Waals surface area (Å²) in [5.41, 5.74) is 10.5. The van der Waals surface area contributed by atoms with E-state index in [1.165, 1.54) is 79.4 Å². The second-order valence-electron chi connectivity index (χ2n) is 35.3. The quantitative estimate of drug-likeness (QED) is 0.0221. The molecule has 5 fully saturated rings. The molecule has 4 N–H and O–H groups in total. The Labute approximate surface area is 844 Å². The summed E-state index contributed by atoms with van der Waals surface area (Å²) in [7, 11) is 15.9. The van der Waals surface area contributed by atoms with Crippen LogP contribution in [-0.2, 0) is 36.9 Å². The van der Waals surface area contributed by atoms with Crippen molar-refractivity contribution in [3.63, 3.8) is 0 Å². The molecule has 21 nitrogen and oxygen atoms in total. The van der Waals surface area contributed by atoms with Crippen molar-refractivity contribution in [3.05, 3.63) is 297 Å². The zero-order valence-electron chi connectivity index (χ0n) is 81.8. The predicted molar refractivity (Wildman–Crippen MR) is 563 cm³/mol. The van der Waals surface area contributed by atoms with Gasteiger partial charge in [-0.3, -0.25) is 14.4 Å². The van der Waals surface area contributed by atoms with Crippen LogP contribution in [0.1, 0.15) is 204 Å². The molecular weight excluding hydrogens is 1810 g/mol. The monoisotopic (exact) mass is 1970 g/mol. The molecule has 10 aromatic rings. The fraction of sp³-hybridized carbons (Fsp3) is 0.462. The van der Waals surface area contributed by atoms with Crippen LogP contribution in [0, 0.1) is 59.8 Å². The van der Waals surface area contributed by atoms with Gasteiger partial charge in [-0.25, -0.2) is 17.6 Å². The smallest absolute Gasteiger partial charge is 0.226 e. The SMILES string of the molecule is C.C.C.C.C.CCCc1ccc(F)cc1.COc1cccc(C(=O)C2CCN(C(=O)Cc3ccc(F)cc3)CC2)c1OC.COc1cccc(C(=O)C2CCN(CCc3ccc(C)cc3)CC2)c1OC.COc1cccc(C(O)C2CCN(CCc3ccc(F)cc3)CC2)c1OC.COc1cccc([C@H](O)C2CCN(CCc3ccc(F)cc3)CC2)c1OC.COc1cccc([C@H](O)C2CCNCC2)c1OC. The summed E-state index contributed by atoms with van der Waals surface area (Å²) < 4.78 is 105. The van der Waals surface area contributed by atoms with Crippen molar-refractivity contribution in [3.8, 4) is 57.5 Å². The second-order valence-corrected chi connectivity index (χ2v) is 35.3. The number of aliphatic hydroxyl groups is 3. The molecule has 778 valence electrons. The van der Waals surface area contributed by atoms with Gasteiger partial charge in [-0.2, -0.15) is 0 Å². The molecule has 0 aliphatic carbocycles. The Bertz CT molecular complexity index is 5150. The number of methoxy groups -OCH3 is 10. The van der Waals surface area contributed by atoms with Crippen LogP contribution >= 0.6 is 0 Å². The minimum Gasteiger partial charge on any atom is -0.493 e. The molecule has 15 rings (SSSR count). The summed E-state index contributed by atoms with van der Waals surface area (Å²) in [4.78, 5) is 47.5. The van der Waals surface area contributed by atoms with E-state index in [1.54, 1.807) is 92.1 Å². The Morgan fingerprint density at radius 3 is 0.880 bits per heavy atom. The number of aryl methyl sites for hydroxylation is 2. The minimum absolute atomic E-state index is 0. The summed E-state index contributed by atoms with van der Waals surface area (Å²) in [6, 6.07) is 62.5. The number of amides is 1. The number of likely N-dealkylation sites (tertiary alicyclic amines) is 4. The van der Waals surface area contributed by atoms with Crippen molar-refractivity contribution in [2.45, 2.75) is 172 Å². The first-order valence-corrected chi connectivity index (χ1v) is 47.9. The van der Waals surface area contributed by atoms with Crippen molar-refractivity contribution in [2.24, 2.45) is 29.6 Å². The number of piperidine rings is 5. The highest BCUT2D eigenvalue weighted by molar-refractivity contribution is 6.02. The largest absolute Gasteiger partial charge is 0.493 e. The standard InChI is InChI=1S/C23H29NO3.C22H24FNO4.2C22H28FNO3.C14H21NO3.C9H11F.5CH4/c1-17-7-9-18(10-8-17)11-14-24-15-12-19(13-16-24)22(25)20-5-4-6-21(26-2)23(20)27-3;1-27-19-5-3-4-18(22(19)28-2)21(26)16-10-12-24(13-11-16)20(25)14-15-6-8-17(23)9-7-15;2*1-26-20-5-3-4-19(22(20)27-2)21(25)17-11-14-24(15-12-17)13-10-16-6-8-18(23)9-7-16;1-17-12-5-3-4-11(14(12)18-2)13(16)10-6-8-15-9-7-10;1-2-3-8-4-6-9(10)7-5-8;;;;;/h4-10,19H,11-16H2,1-3H3;3-9,16H,10-14H2,1-2H3;2*3-9,17,21,25H,10-15H2,1-2H3;3-5,10,13,15-16H,6-9H2,1-2H3;4-7H,2-3H2,1H3;5*1H4/t;;21-;;13-;;;;;;/m..1.1....../s1. The summed E-state index contributed by atoms with van der Waals surface area (Å²) in [6.45, 7) is 15.9. The number of para-hydroxylation sites is 5. The van der Waals surface area contributed by atoms with Crippen LogP contribution < -0.4 is 52.7 Å². The summed E-state index contributed by atoms with van der Waals surface area (Å²) in [5, 5.41) is 35.6. The number of carbonyl (C=O) groups is 3. The number of halogens is 4. The summed E-state index contributed by atoms with van der Waals surface area (Å²) >= 11 is 0. The molecule has 5 aliphatic heterocycles. The Hall–Kier alpha value is -11.6. The van der Waals surface area contributed by atoms with Gasteiger partial charge in [-0.1, -0.05) is 177 Å². The number of aliphatic hydroxyl groups excluding tert-OH is 3. The lowest BCUT2D eigenvalue weighted by atomic mass is 9.87. The highest BCUT2D eigenvalue weighted by Crippen LogP contribution is 2.45. The second kappa shape index (κ2) is 63.5. The number of carbonyl (C=O) groups excluding carboxylic acids is 3. The van der Waals surface area contributed by atoms with E-state index in [1.807, 2.05) is 109 Å². The topological polar surface area (TPSA) is 229 Å². The number of nitrogens with zero attached hydrogens (tertiary/aromatic N) is 4. The molecule has 1 unspecified atom stereocenters. The highest BCUT2D eigenvalue weighted by atomic mass is 19.1. The Balaban J connectivity index is 0.000000304. The van der Waals surface area contributed by atoms with Gasteiger partial charge < -0.3 is 87.6 Å². The number of benzene rings is 10. The number of ketones is 2. The zero-order chi connectivity index (χ0) is 98.1. The summed E-state index contributed by atoms with van der Waals surface area (Å²) in [5.74, 6) is 5.89. The lowest BCUT2D eigenvalue weighted by Gasteiger charge is -2.34. The number of ether oxygens (including phenoxy) is 10. The molecule has 5 heterocycles. The normalized spacial score (nSPS) is 15.3. The van der Waals surface area contributed by atoms with E-state index in [9.17, 15) is 47.3 Å². The van der Waals surface area contributed by atoms with E-state index in [0.29, 0.717) is 94.6 Å². The Morgan fingerprint density at radius 2 is 0.585 bits per heavy atom. The third kappa shape index (κ3) is 35.5. The van der Waals surface area contributed by atoms with Crippen molar-refractivity contribution >= 4 is 17.5 Å². The van der Waals surface area contributed by atoms with Crippen LogP contribution in [0.2, 0.25) is 0 Å². The van der Waals surface area contributed by atoms with E-state index in [4.69, 9.17) is 47.4 Å². The highest BCUT2D eigenvalue weighted by Gasteiger charge is 2.35. The van der Waals surface area contributed by atoms with Gasteiger partial charge in [0.1, 0.15) is 23.3 Å². The van der Waals surface area contributed by atoms with E-state index < -0.39 is 18.3 Å². The van der Waals surface area contributed by atoms with E-state index in [2.05, 4.69) is 58.1 Å². The molecule has 142 heavy (non-hydrogen) atoms. The molecule has 0 radical (unpaired) electrons. The third-order valence-electron chi connectivity index (χ3n) is 26.6. The average Bonchev–Trinajstić information content (AvgIpc) is 0.907. The van der Waals surface area contributed by atoms with Crippen LogP contribution in [0.5, 0.6) is 57.5 Å². The minimum atomic E-state index is -0.561. The van der Waals surface area contributed by atoms with Crippen LogP contribution in [0.4, 0.5) is 17.6 Å². The molecule has 1 amide bonds. The van der Waals surface area contributed by atoms with Gasteiger partial charge in [0.25, 0.3) is 0 Å². The number of hydrogen-bond donors (Lipinski definition) is 4. The maximum absolute atomic E-state index is 13.0. The number of rotatable bonds is 33. The maximum atomic E-state index is 13.0. The molecule has 0 aromatic heterocycles. The fourth-order valence-corrected chi connectivity index (χ4v) is 18.5.